The fourth-order valence-corrected chi connectivity index (χ4v) is 2.30. The zero-order valence-corrected chi connectivity index (χ0v) is 10.0. The molecule has 1 N–H and O–H groups in total. The van der Waals surface area contributed by atoms with Crippen molar-refractivity contribution in [2.75, 3.05) is 18.8 Å². The second-order valence-electron chi connectivity index (χ2n) is 3.57. The minimum atomic E-state index is 0.217. The smallest absolute Gasteiger partial charge is 0.138 e. The maximum Gasteiger partial charge on any atom is 0.138 e. The Kier molecular flexibility index (Phi) is 3.70. The van der Waals surface area contributed by atoms with Crippen molar-refractivity contribution in [1.82, 2.24) is 5.32 Å². The van der Waals surface area contributed by atoms with Crippen LogP contribution in [-0.2, 0) is 0 Å². The largest absolute Gasteiger partial charge is 0.486 e. The summed E-state index contributed by atoms with van der Waals surface area (Å²) in [5.41, 5.74) is 0.668. The Labute approximate surface area is 99.8 Å². The van der Waals surface area contributed by atoms with Gasteiger partial charge in [0, 0.05) is 18.0 Å². The molecule has 0 aromatic heterocycles. The van der Waals surface area contributed by atoms with Gasteiger partial charge in [-0.2, -0.15) is 5.26 Å². The number of nitrogens with zero attached hydrogens (tertiary/aromatic N) is 1. The van der Waals surface area contributed by atoms with Crippen molar-refractivity contribution in [2.24, 2.45) is 0 Å². The topological polar surface area (TPSA) is 45.0 Å². The molecule has 0 aliphatic carbocycles. The van der Waals surface area contributed by atoms with Crippen LogP contribution in [0.25, 0.3) is 0 Å². The van der Waals surface area contributed by atoms with Crippen LogP contribution in [0.1, 0.15) is 12.5 Å². The van der Waals surface area contributed by atoms with Gasteiger partial charge in [0.2, 0.25) is 0 Å². The maximum atomic E-state index is 9.17. The first-order chi connectivity index (χ1) is 7.85. The number of ether oxygens (including phenoxy) is 1. The molecule has 0 amide bonds. The third kappa shape index (κ3) is 2.31. The Morgan fingerprint density at radius 2 is 2.38 bits per heavy atom. The molecule has 1 heterocycles. The summed E-state index contributed by atoms with van der Waals surface area (Å²) in [6.45, 7) is 3.82. The summed E-state index contributed by atoms with van der Waals surface area (Å²) in [5, 5.41) is 12.3. The second-order valence-corrected chi connectivity index (χ2v) is 4.88. The first kappa shape index (κ1) is 11.3. The van der Waals surface area contributed by atoms with E-state index in [2.05, 4.69) is 18.3 Å². The molecule has 84 valence electrons. The molecular weight excluding hydrogens is 220 g/mol. The average Bonchev–Trinajstić information content (AvgIpc) is 2.24. The Bertz CT molecular complexity index is 410. The fraction of sp³-hybridized carbons (Fsp3) is 0.417. The molecule has 1 aromatic rings. The number of nitrogens with one attached hydrogen (secondary N) is 1. The van der Waals surface area contributed by atoms with Gasteiger partial charge in [-0.1, -0.05) is 13.0 Å². The van der Waals surface area contributed by atoms with E-state index in [0.717, 1.165) is 23.7 Å². The Hall–Kier alpha value is -1.18. The average molecular weight is 234 g/mol. The van der Waals surface area contributed by atoms with Gasteiger partial charge in [-0.15, -0.1) is 11.8 Å². The summed E-state index contributed by atoms with van der Waals surface area (Å²) in [6.07, 6.45) is 0.217. The highest BCUT2D eigenvalue weighted by Crippen LogP contribution is 2.30. The van der Waals surface area contributed by atoms with E-state index in [-0.39, 0.29) is 6.10 Å². The van der Waals surface area contributed by atoms with E-state index in [1.165, 1.54) is 0 Å². The number of hydrogen-bond donors (Lipinski definition) is 1. The van der Waals surface area contributed by atoms with E-state index >= 15 is 0 Å². The van der Waals surface area contributed by atoms with Gasteiger partial charge in [0.05, 0.1) is 0 Å². The van der Waals surface area contributed by atoms with E-state index in [9.17, 15) is 5.26 Å². The first-order valence-corrected chi connectivity index (χ1v) is 6.37. The lowest BCUT2D eigenvalue weighted by molar-refractivity contribution is 0.141. The molecule has 1 fully saturated rings. The van der Waals surface area contributed by atoms with Gasteiger partial charge < -0.3 is 10.1 Å². The summed E-state index contributed by atoms with van der Waals surface area (Å²) in [4.78, 5) is 1.01. The van der Waals surface area contributed by atoms with Crippen LogP contribution in [0.5, 0.6) is 5.75 Å². The van der Waals surface area contributed by atoms with Crippen LogP contribution in [-0.4, -0.2) is 24.9 Å². The third-order valence-corrected chi connectivity index (χ3v) is 3.38. The number of benzene rings is 1. The lowest BCUT2D eigenvalue weighted by Gasteiger charge is -2.28. The van der Waals surface area contributed by atoms with Crippen LogP contribution >= 0.6 is 11.8 Å². The quantitative estimate of drug-likeness (QED) is 0.810. The van der Waals surface area contributed by atoms with Gasteiger partial charge in [0.15, 0.2) is 0 Å². The van der Waals surface area contributed by atoms with Crippen molar-refractivity contribution in [2.45, 2.75) is 17.9 Å². The van der Waals surface area contributed by atoms with Gasteiger partial charge in [-0.25, -0.2) is 0 Å². The van der Waals surface area contributed by atoms with Gasteiger partial charge in [0.25, 0.3) is 0 Å². The van der Waals surface area contributed by atoms with E-state index in [1.807, 2.05) is 18.2 Å². The van der Waals surface area contributed by atoms with Crippen LogP contribution < -0.4 is 10.1 Å². The van der Waals surface area contributed by atoms with Gasteiger partial charge >= 0.3 is 0 Å². The zero-order chi connectivity index (χ0) is 11.4. The molecule has 4 heteroatoms. The summed E-state index contributed by atoms with van der Waals surface area (Å²) in [5.74, 6) is 1.68. The molecule has 1 aliphatic heterocycles. The minimum absolute atomic E-state index is 0.217. The monoisotopic (exact) mass is 234 g/mol. The number of nitriles is 1. The van der Waals surface area contributed by atoms with Crippen LogP contribution in [0, 0.1) is 11.3 Å². The van der Waals surface area contributed by atoms with Crippen LogP contribution in [0.3, 0.4) is 0 Å². The van der Waals surface area contributed by atoms with Gasteiger partial charge in [0.1, 0.15) is 23.5 Å². The summed E-state index contributed by atoms with van der Waals surface area (Å²) in [7, 11) is 0. The van der Waals surface area contributed by atoms with Crippen molar-refractivity contribution in [1.29, 1.82) is 5.26 Å². The first-order valence-electron chi connectivity index (χ1n) is 5.38. The molecule has 3 nitrogen and oxygen atoms in total. The Morgan fingerprint density at radius 3 is 2.94 bits per heavy atom. The highest BCUT2D eigenvalue weighted by molar-refractivity contribution is 7.99. The lowest BCUT2D eigenvalue weighted by Crippen LogP contribution is -2.50. The van der Waals surface area contributed by atoms with Gasteiger partial charge in [-0.05, 0) is 17.9 Å². The Balaban J connectivity index is 2.22. The maximum absolute atomic E-state index is 9.17. The standard InChI is InChI=1S/C12H14N2OS/c1-2-16-12-5-3-4-11(10(12)6-13)15-9-7-14-8-9/h3-5,9,14H,2,7-8H2,1H3. The van der Waals surface area contributed by atoms with Gasteiger partial charge in [-0.3, -0.25) is 0 Å². The SMILES string of the molecule is CCSc1cccc(OC2CNC2)c1C#N. The van der Waals surface area contributed by atoms with Crippen LogP contribution in [0.4, 0.5) is 0 Å². The van der Waals surface area contributed by atoms with Crippen molar-refractivity contribution >= 4 is 11.8 Å². The van der Waals surface area contributed by atoms with Crippen molar-refractivity contribution < 1.29 is 4.74 Å². The van der Waals surface area contributed by atoms with Crippen LogP contribution in [0.15, 0.2) is 23.1 Å². The Morgan fingerprint density at radius 1 is 1.56 bits per heavy atom. The highest BCUT2D eigenvalue weighted by Gasteiger charge is 2.20. The number of rotatable bonds is 4. The number of hydrogen-bond acceptors (Lipinski definition) is 4. The molecule has 0 radical (unpaired) electrons. The fourth-order valence-electron chi connectivity index (χ4n) is 1.52. The molecule has 2 rings (SSSR count). The molecule has 1 saturated heterocycles. The van der Waals surface area contributed by atoms with E-state index < -0.39 is 0 Å². The van der Waals surface area contributed by atoms with Crippen molar-refractivity contribution in [3.8, 4) is 11.8 Å². The molecule has 0 atom stereocenters. The summed E-state index contributed by atoms with van der Waals surface area (Å²) in [6, 6.07) is 8.02. The molecule has 16 heavy (non-hydrogen) atoms. The molecular formula is C12H14N2OS. The van der Waals surface area contributed by atoms with E-state index in [4.69, 9.17) is 4.74 Å². The number of thioether (sulfide) groups is 1. The molecule has 0 bridgehead atoms. The molecule has 0 unspecified atom stereocenters. The molecule has 0 spiro atoms. The van der Waals surface area contributed by atoms with Crippen LogP contribution in [0.2, 0.25) is 0 Å². The predicted octanol–water partition coefficient (Wildman–Crippen LogP) is 2.02. The van der Waals surface area contributed by atoms with E-state index in [1.54, 1.807) is 11.8 Å². The minimum Gasteiger partial charge on any atom is -0.486 e. The summed E-state index contributed by atoms with van der Waals surface area (Å²) < 4.78 is 5.76. The third-order valence-electron chi connectivity index (χ3n) is 2.44. The predicted molar refractivity (Wildman–Crippen MR) is 64.8 cm³/mol. The van der Waals surface area contributed by atoms with Crippen molar-refractivity contribution in [3.63, 3.8) is 0 Å². The second kappa shape index (κ2) is 5.24. The highest BCUT2D eigenvalue weighted by atomic mass is 32.2. The molecule has 0 saturated carbocycles. The lowest BCUT2D eigenvalue weighted by atomic mass is 10.2. The molecule has 1 aromatic carbocycles. The van der Waals surface area contributed by atoms with Crippen molar-refractivity contribution in [3.05, 3.63) is 23.8 Å². The normalized spacial score (nSPS) is 15.2. The molecule has 1 aliphatic rings. The summed E-state index contributed by atoms with van der Waals surface area (Å²) >= 11 is 1.68. The van der Waals surface area contributed by atoms with E-state index in [0.29, 0.717) is 11.3 Å². The zero-order valence-electron chi connectivity index (χ0n) is 9.19.